The fourth-order valence-electron chi connectivity index (χ4n) is 4.44. The summed E-state index contributed by atoms with van der Waals surface area (Å²) in [5.41, 5.74) is 3.16. The van der Waals surface area contributed by atoms with Crippen molar-refractivity contribution in [3.8, 4) is 6.07 Å². The molecule has 31 heavy (non-hydrogen) atoms. The molecular formula is C23H30N4O3S. The predicted octanol–water partition coefficient (Wildman–Crippen LogP) is 2.48. The van der Waals surface area contributed by atoms with Gasteiger partial charge in [-0.15, -0.1) is 0 Å². The molecule has 1 aromatic carbocycles. The van der Waals surface area contributed by atoms with Crippen molar-refractivity contribution in [1.29, 1.82) is 10.7 Å². The molecule has 0 bridgehead atoms. The molecule has 0 radical (unpaired) electrons. The molecule has 1 aliphatic heterocycles. The Hall–Kier alpha value is -2.66. The highest BCUT2D eigenvalue weighted by Gasteiger charge is 2.46. The minimum atomic E-state index is -3.04. The maximum Gasteiger partial charge on any atom is 0.223 e. The van der Waals surface area contributed by atoms with Crippen LogP contribution in [0, 0.1) is 22.7 Å². The Balaban J connectivity index is 1.79. The highest BCUT2D eigenvalue weighted by atomic mass is 32.2. The largest absolute Gasteiger partial charge is 0.386 e. The molecule has 1 atom stereocenters. The first kappa shape index (κ1) is 23.0. The van der Waals surface area contributed by atoms with Crippen molar-refractivity contribution in [2.24, 2.45) is 5.92 Å². The number of carbonyl (C=O) groups excluding carboxylic acids is 1. The van der Waals surface area contributed by atoms with Gasteiger partial charge in [-0.05, 0) is 57.2 Å². The molecule has 7 nitrogen and oxygen atoms in total. The van der Waals surface area contributed by atoms with E-state index in [1.165, 1.54) is 0 Å². The molecule has 8 heteroatoms. The van der Waals surface area contributed by atoms with Crippen LogP contribution < -0.4 is 10.6 Å². The lowest BCUT2D eigenvalue weighted by Gasteiger charge is -2.40. The second-order valence-electron chi connectivity index (χ2n) is 9.19. The molecule has 1 aliphatic carbocycles. The first-order chi connectivity index (χ1) is 14.5. The topological polar surface area (TPSA) is 123 Å². The summed E-state index contributed by atoms with van der Waals surface area (Å²) in [5.74, 6) is -0.411. The van der Waals surface area contributed by atoms with E-state index in [-0.39, 0.29) is 29.4 Å². The number of nitriles is 1. The molecule has 3 rings (SSSR count). The first-order valence-corrected chi connectivity index (χ1v) is 12.4. The van der Waals surface area contributed by atoms with E-state index in [4.69, 9.17) is 10.7 Å². The van der Waals surface area contributed by atoms with Crippen LogP contribution in [0.25, 0.3) is 0 Å². The number of amides is 1. The van der Waals surface area contributed by atoms with Crippen molar-refractivity contribution < 1.29 is 13.2 Å². The molecule has 3 N–H and O–H groups in total. The van der Waals surface area contributed by atoms with Gasteiger partial charge in [-0.2, -0.15) is 5.26 Å². The Morgan fingerprint density at radius 2 is 2.06 bits per heavy atom. The zero-order valence-corrected chi connectivity index (χ0v) is 19.1. The molecule has 1 amide bonds. The van der Waals surface area contributed by atoms with Crippen molar-refractivity contribution in [1.82, 2.24) is 10.6 Å². The number of nitrogens with zero attached hydrogens (tertiary/aromatic N) is 1. The van der Waals surface area contributed by atoms with Crippen LogP contribution in [0.15, 0.2) is 35.5 Å². The van der Waals surface area contributed by atoms with E-state index < -0.39 is 15.4 Å². The van der Waals surface area contributed by atoms with Gasteiger partial charge in [0.2, 0.25) is 5.91 Å². The van der Waals surface area contributed by atoms with E-state index in [2.05, 4.69) is 16.7 Å². The van der Waals surface area contributed by atoms with Crippen molar-refractivity contribution in [2.45, 2.75) is 58.0 Å². The number of carbonyl (C=O) groups is 1. The third-order valence-electron chi connectivity index (χ3n) is 5.69. The lowest BCUT2D eigenvalue weighted by Crippen LogP contribution is -2.64. The fourth-order valence-corrected chi connectivity index (χ4v) is 6.44. The average molecular weight is 443 g/mol. The number of hydrogen-bond donors (Lipinski definition) is 3. The normalized spacial score (nSPS) is 21.7. The van der Waals surface area contributed by atoms with Gasteiger partial charge >= 0.3 is 0 Å². The van der Waals surface area contributed by atoms with Crippen LogP contribution in [0.3, 0.4) is 0 Å². The third-order valence-corrected chi connectivity index (χ3v) is 7.85. The quantitative estimate of drug-likeness (QED) is 0.560. The van der Waals surface area contributed by atoms with Gasteiger partial charge in [-0.3, -0.25) is 10.2 Å². The number of benzene rings is 1. The summed E-state index contributed by atoms with van der Waals surface area (Å²) in [6, 6.07) is 9.78. The van der Waals surface area contributed by atoms with Gasteiger partial charge in [0.25, 0.3) is 0 Å². The van der Waals surface area contributed by atoms with Gasteiger partial charge in [-0.25, -0.2) is 8.42 Å². The zero-order chi connectivity index (χ0) is 22.8. The van der Waals surface area contributed by atoms with E-state index >= 15 is 0 Å². The number of allylic oxidation sites excluding steroid dienone is 2. The maximum atomic E-state index is 12.9. The Morgan fingerprint density at radius 1 is 1.35 bits per heavy atom. The predicted molar refractivity (Wildman–Crippen MR) is 120 cm³/mol. The molecule has 2 aliphatic rings. The second kappa shape index (κ2) is 8.83. The van der Waals surface area contributed by atoms with Gasteiger partial charge in [0.05, 0.1) is 35.2 Å². The summed E-state index contributed by atoms with van der Waals surface area (Å²) in [5, 5.41) is 24.1. The van der Waals surface area contributed by atoms with Gasteiger partial charge in [0, 0.05) is 23.2 Å². The fraction of sp³-hybridized carbons (Fsp3) is 0.522. The summed E-state index contributed by atoms with van der Waals surface area (Å²) < 4.78 is 23.1. The number of hydrogen-bond acceptors (Lipinski definition) is 6. The number of nitrogens with one attached hydrogen (secondary N) is 3. The van der Waals surface area contributed by atoms with E-state index in [1.807, 2.05) is 38.1 Å². The summed E-state index contributed by atoms with van der Waals surface area (Å²) >= 11 is 0. The third kappa shape index (κ3) is 5.53. The summed E-state index contributed by atoms with van der Waals surface area (Å²) in [4.78, 5) is 12.9. The molecule has 1 saturated heterocycles. The SMILES string of the molecule is CC(C)NC1=C(C(=N)c2cccc(CC#N)c2)CCC(C(=O)NC2(C)CS(=O)(=O)C2)C1. The molecular weight excluding hydrogens is 412 g/mol. The summed E-state index contributed by atoms with van der Waals surface area (Å²) in [6.07, 6.45) is 1.98. The lowest BCUT2D eigenvalue weighted by molar-refractivity contribution is -0.126. The molecule has 166 valence electrons. The van der Waals surface area contributed by atoms with Crippen LogP contribution in [0.1, 0.15) is 51.2 Å². The maximum absolute atomic E-state index is 12.9. The minimum absolute atomic E-state index is 0.0136. The number of sulfone groups is 1. The van der Waals surface area contributed by atoms with Crippen LogP contribution in [-0.2, 0) is 21.1 Å². The van der Waals surface area contributed by atoms with E-state index in [1.54, 1.807) is 6.92 Å². The van der Waals surface area contributed by atoms with Gasteiger partial charge in [-0.1, -0.05) is 18.2 Å². The Morgan fingerprint density at radius 3 is 2.68 bits per heavy atom. The van der Waals surface area contributed by atoms with Crippen LogP contribution in [0.5, 0.6) is 0 Å². The minimum Gasteiger partial charge on any atom is -0.386 e. The van der Waals surface area contributed by atoms with Crippen molar-refractivity contribution in [3.05, 3.63) is 46.7 Å². The lowest BCUT2D eigenvalue weighted by atomic mass is 9.82. The smallest absolute Gasteiger partial charge is 0.223 e. The van der Waals surface area contributed by atoms with Crippen LogP contribution in [0.4, 0.5) is 0 Å². The molecule has 1 fully saturated rings. The van der Waals surface area contributed by atoms with Crippen LogP contribution in [-0.4, -0.2) is 43.1 Å². The van der Waals surface area contributed by atoms with Crippen molar-refractivity contribution >= 4 is 21.5 Å². The summed E-state index contributed by atoms with van der Waals surface area (Å²) in [6.45, 7) is 5.81. The Bertz CT molecular complexity index is 1050. The highest BCUT2D eigenvalue weighted by molar-refractivity contribution is 7.93. The molecule has 0 spiro atoms. The van der Waals surface area contributed by atoms with Gasteiger partial charge in [0.15, 0.2) is 9.84 Å². The zero-order valence-electron chi connectivity index (χ0n) is 18.3. The molecule has 1 heterocycles. The Labute approximate surface area is 184 Å². The standard InChI is InChI=1S/C23H30N4O3S/c1-15(2)26-20-12-18(22(28)27-23(3)13-31(29,30)14-23)7-8-19(20)21(25)17-6-4-5-16(11-17)9-10-24/h4-6,11,15,18,25-26H,7-9,12-14H2,1-3H3,(H,27,28). The van der Waals surface area contributed by atoms with Gasteiger partial charge in [0.1, 0.15) is 0 Å². The van der Waals surface area contributed by atoms with Crippen LogP contribution >= 0.6 is 0 Å². The Kier molecular flexibility index (Phi) is 6.56. The monoisotopic (exact) mass is 442 g/mol. The molecule has 0 saturated carbocycles. The van der Waals surface area contributed by atoms with E-state index in [9.17, 15) is 13.2 Å². The van der Waals surface area contributed by atoms with Crippen molar-refractivity contribution in [2.75, 3.05) is 11.5 Å². The van der Waals surface area contributed by atoms with Crippen LogP contribution in [0.2, 0.25) is 0 Å². The molecule has 1 aromatic rings. The van der Waals surface area contributed by atoms with E-state index in [0.717, 1.165) is 22.4 Å². The van der Waals surface area contributed by atoms with Crippen molar-refractivity contribution in [3.63, 3.8) is 0 Å². The first-order valence-electron chi connectivity index (χ1n) is 10.6. The van der Waals surface area contributed by atoms with Gasteiger partial charge < -0.3 is 10.6 Å². The highest BCUT2D eigenvalue weighted by Crippen LogP contribution is 2.32. The molecule has 0 aromatic heterocycles. The average Bonchev–Trinajstić information content (AvgIpc) is 2.65. The molecule has 1 unspecified atom stereocenters. The number of rotatable bonds is 7. The second-order valence-corrected chi connectivity index (χ2v) is 11.3. The summed E-state index contributed by atoms with van der Waals surface area (Å²) in [7, 11) is -3.04. The van der Waals surface area contributed by atoms with E-state index in [0.29, 0.717) is 31.4 Å².